The molecular formula is C96H62N6. The predicted molar refractivity (Wildman–Crippen MR) is 429 cm³/mol. The topological polar surface area (TPSA) is 29.6 Å². The Bertz CT molecular complexity index is 7050. The lowest BCUT2D eigenvalue weighted by atomic mass is 9.93. The zero-order valence-corrected chi connectivity index (χ0v) is 55.6. The monoisotopic (exact) mass is 1300 g/mol. The molecule has 1 aliphatic carbocycles. The molecule has 0 aliphatic heterocycles. The van der Waals surface area contributed by atoms with Crippen LogP contribution < -0.4 is 0 Å². The predicted octanol–water partition coefficient (Wildman–Crippen LogP) is 25.1. The molecule has 102 heavy (non-hydrogen) atoms. The molecule has 0 bridgehead atoms. The molecule has 6 nitrogen and oxygen atoms in total. The lowest BCUT2D eigenvalue weighted by Crippen LogP contribution is -2.00. The van der Waals surface area contributed by atoms with Crippen molar-refractivity contribution in [1.29, 1.82) is 0 Å². The van der Waals surface area contributed by atoms with Crippen molar-refractivity contribution >= 4 is 126 Å². The molecule has 6 aromatic heterocycles. The van der Waals surface area contributed by atoms with E-state index in [-0.39, 0.29) is 0 Å². The van der Waals surface area contributed by atoms with Crippen LogP contribution in [0.25, 0.3) is 194 Å². The van der Waals surface area contributed by atoms with Crippen LogP contribution in [0, 0.1) is 0 Å². The number of hydrogen-bond donors (Lipinski definition) is 0. The summed E-state index contributed by atoms with van der Waals surface area (Å²) in [5.41, 5.74) is 29.5. The smallest absolute Gasteiger partial charge is 0.0788 e. The van der Waals surface area contributed by atoms with Crippen LogP contribution in [0.15, 0.2) is 346 Å². The summed E-state index contributed by atoms with van der Waals surface area (Å²) < 4.78 is 14.8. The highest BCUT2D eigenvalue weighted by atomic mass is 15.1. The van der Waals surface area contributed by atoms with Gasteiger partial charge in [-0.1, -0.05) is 200 Å². The van der Waals surface area contributed by atoms with Gasteiger partial charge in [0.2, 0.25) is 0 Å². The highest BCUT2D eigenvalue weighted by Crippen LogP contribution is 2.46. The van der Waals surface area contributed by atoms with Gasteiger partial charge in [0.1, 0.15) is 0 Å². The number of fused-ring (bicyclic) bond motifs is 19. The first-order valence-electron chi connectivity index (χ1n) is 35.4. The summed E-state index contributed by atoms with van der Waals surface area (Å²) in [6.07, 6.45) is 6.71. The maximum Gasteiger partial charge on any atom is 0.0788 e. The first kappa shape index (κ1) is 56.6. The largest absolute Gasteiger partial charge is 0.310 e. The van der Waals surface area contributed by atoms with Crippen LogP contribution in [0.2, 0.25) is 0 Å². The molecule has 0 atom stereocenters. The Morgan fingerprint density at radius 1 is 0.186 bits per heavy atom. The zero-order chi connectivity index (χ0) is 66.7. The van der Waals surface area contributed by atoms with Gasteiger partial charge in [0.05, 0.1) is 60.7 Å². The van der Waals surface area contributed by atoms with E-state index >= 15 is 0 Å². The summed E-state index contributed by atoms with van der Waals surface area (Å²) >= 11 is 0. The van der Waals surface area contributed by atoms with E-state index in [0.29, 0.717) is 0 Å². The third-order valence-electron chi connectivity index (χ3n) is 22.0. The molecular weight excluding hydrogens is 1240 g/mol. The number of benzene rings is 15. The van der Waals surface area contributed by atoms with Crippen LogP contribution in [0.3, 0.4) is 0 Å². The van der Waals surface area contributed by atoms with Crippen molar-refractivity contribution in [2.24, 2.45) is 0 Å². The molecule has 0 unspecified atom stereocenters. The van der Waals surface area contributed by atoms with Gasteiger partial charge in [0.25, 0.3) is 0 Å². The summed E-state index contributed by atoms with van der Waals surface area (Å²) in [5.74, 6) is 0. The molecule has 0 N–H and O–H groups in total. The van der Waals surface area contributed by atoms with Gasteiger partial charge < -0.3 is 27.4 Å². The fourth-order valence-corrected chi connectivity index (χ4v) is 17.5. The second-order valence-electron chi connectivity index (χ2n) is 27.5. The van der Waals surface area contributed by atoms with E-state index < -0.39 is 0 Å². The third-order valence-corrected chi connectivity index (χ3v) is 22.0. The normalized spacial score (nSPS) is 12.6. The fraction of sp³-hybridized carbons (Fsp3) is 0.0208. The van der Waals surface area contributed by atoms with Gasteiger partial charge in [-0.15, -0.1) is 0 Å². The van der Waals surface area contributed by atoms with Crippen molar-refractivity contribution < 1.29 is 0 Å². The average Bonchev–Trinajstić information content (AvgIpc) is 1.56. The number of aromatic nitrogens is 6. The molecule has 6 heteroatoms. The molecule has 0 radical (unpaired) electrons. The number of allylic oxidation sites excluding steroid dienone is 1. The van der Waals surface area contributed by atoms with Crippen molar-refractivity contribution in [1.82, 2.24) is 27.4 Å². The fourth-order valence-electron chi connectivity index (χ4n) is 17.5. The Morgan fingerprint density at radius 3 is 0.853 bits per heavy atom. The summed E-state index contributed by atoms with van der Waals surface area (Å²) in [7, 11) is 0. The number of rotatable bonds is 9. The van der Waals surface area contributed by atoms with Crippen LogP contribution in [-0.4, -0.2) is 27.4 Å². The molecule has 15 aromatic carbocycles. The van der Waals surface area contributed by atoms with Crippen molar-refractivity contribution in [3.63, 3.8) is 0 Å². The summed E-state index contributed by atoms with van der Waals surface area (Å²) in [6, 6.07) is 126. The molecule has 1 aliphatic rings. The molecule has 476 valence electrons. The molecule has 0 saturated heterocycles. The lowest BCUT2D eigenvalue weighted by molar-refractivity contribution is 0.968. The quantitative estimate of drug-likeness (QED) is 0.138. The highest BCUT2D eigenvalue weighted by Gasteiger charge is 2.26. The van der Waals surface area contributed by atoms with Crippen molar-refractivity contribution in [3.8, 4) is 67.5 Å². The average molecular weight is 1300 g/mol. The van der Waals surface area contributed by atoms with Crippen LogP contribution >= 0.6 is 0 Å². The molecule has 0 fully saturated rings. The summed E-state index contributed by atoms with van der Waals surface area (Å²) in [6.45, 7) is 0. The molecule has 21 aromatic rings. The lowest BCUT2D eigenvalue weighted by Gasteiger charge is -2.15. The number of nitrogens with zero attached hydrogens (tertiary/aromatic N) is 6. The Balaban J connectivity index is 0.702. The van der Waals surface area contributed by atoms with Crippen LogP contribution in [0.5, 0.6) is 0 Å². The van der Waals surface area contributed by atoms with Gasteiger partial charge in [-0.05, 0) is 203 Å². The Morgan fingerprint density at radius 2 is 0.471 bits per heavy atom. The molecule has 22 rings (SSSR count). The Labute approximate surface area is 587 Å². The highest BCUT2D eigenvalue weighted by molar-refractivity contribution is 6.24. The van der Waals surface area contributed by atoms with E-state index in [0.717, 1.165) is 74.7 Å². The first-order valence-corrected chi connectivity index (χ1v) is 35.4. The van der Waals surface area contributed by atoms with Gasteiger partial charge in [-0.3, -0.25) is 0 Å². The molecule has 0 amide bonds. The van der Waals surface area contributed by atoms with Crippen molar-refractivity contribution in [2.45, 2.75) is 12.8 Å². The zero-order valence-electron chi connectivity index (χ0n) is 55.6. The van der Waals surface area contributed by atoms with E-state index in [9.17, 15) is 0 Å². The summed E-state index contributed by atoms with van der Waals surface area (Å²) in [5, 5.41) is 13.7. The van der Waals surface area contributed by atoms with Crippen molar-refractivity contribution in [3.05, 3.63) is 357 Å². The second-order valence-corrected chi connectivity index (χ2v) is 27.5. The molecule has 6 heterocycles. The SMILES string of the molecule is C1=Cc2c(c3cc4c(cc3n2-c2ccc(-c3cc(-c5ccc(-n6c7ccccc7c7cc8c(cc76)c6ccccc6n8-c6ccccc6)cc5)cc(-c5ccc(-n6c7ccccc7c7ccc8c9ccccc9n(-c9ccccc9)c8c76)cc5)c3)cc2)c2ccccc2n4-c2ccccc2)CC1. The standard InChI is InChI=1S/C96H62N6/c1-4-22-67(23-5-1)97-85-34-16-12-30-75(85)81-59-93-83(57-91(81)97)77-32-14-18-36-87(77)99(93)70-46-40-61(41-47-70)64-54-65(62-42-48-71(49-43-62)100-88-37-19-15-33-78(88)84-58-92-82(60-94(84)100)76-31-13-17-35-86(76)98(92)68-24-6-2-7-25-68)56-66(55-64)63-44-50-72(51-45-63)102-90-39-21-11-29-74(90)80-53-52-79-73-28-10-20-38-89(73)101(95(79)96(80)102)69-26-8-3-9-27-69/h1-14,16-32,34-60H,15,33H2. The number of aryl methyl sites for hydroxylation is 1. The molecule has 0 saturated carbocycles. The maximum atomic E-state index is 2.51. The van der Waals surface area contributed by atoms with E-state index in [4.69, 9.17) is 0 Å². The van der Waals surface area contributed by atoms with Gasteiger partial charge in [-0.2, -0.15) is 0 Å². The van der Waals surface area contributed by atoms with Crippen LogP contribution in [0.4, 0.5) is 0 Å². The number of hydrogen-bond acceptors (Lipinski definition) is 0. The minimum atomic E-state index is 0.994. The minimum absolute atomic E-state index is 0.994. The van der Waals surface area contributed by atoms with Crippen molar-refractivity contribution in [2.75, 3.05) is 0 Å². The van der Waals surface area contributed by atoms with E-state index in [2.05, 4.69) is 379 Å². The Kier molecular flexibility index (Phi) is 12.2. The third kappa shape index (κ3) is 8.35. The molecule has 0 spiro atoms. The van der Waals surface area contributed by atoms with Gasteiger partial charge in [0, 0.05) is 99.1 Å². The van der Waals surface area contributed by atoms with Gasteiger partial charge >= 0.3 is 0 Å². The maximum absolute atomic E-state index is 2.51. The van der Waals surface area contributed by atoms with E-state index in [1.165, 1.54) is 137 Å². The van der Waals surface area contributed by atoms with Gasteiger partial charge in [0.15, 0.2) is 0 Å². The van der Waals surface area contributed by atoms with E-state index in [1.54, 1.807) is 0 Å². The van der Waals surface area contributed by atoms with Crippen LogP contribution in [0.1, 0.15) is 17.7 Å². The van der Waals surface area contributed by atoms with Crippen LogP contribution in [-0.2, 0) is 6.42 Å². The van der Waals surface area contributed by atoms with E-state index in [1.807, 2.05) is 0 Å². The van der Waals surface area contributed by atoms with Gasteiger partial charge in [-0.25, -0.2) is 0 Å². The summed E-state index contributed by atoms with van der Waals surface area (Å²) in [4.78, 5) is 0. The number of para-hydroxylation sites is 8. The second kappa shape index (κ2) is 22.0. The minimum Gasteiger partial charge on any atom is -0.310 e. The first-order chi connectivity index (χ1) is 50.6. The Hall–Kier alpha value is -13.4.